The second kappa shape index (κ2) is 10.6. The number of fused-ring (bicyclic) bond motifs is 4. The lowest BCUT2D eigenvalue weighted by Crippen LogP contribution is -2.60. The van der Waals surface area contributed by atoms with E-state index in [0.717, 1.165) is 25.7 Å². The first kappa shape index (κ1) is 27.5. The van der Waals surface area contributed by atoms with Crippen LogP contribution < -0.4 is 0 Å². The van der Waals surface area contributed by atoms with Gasteiger partial charge in [-0.15, -0.1) is 0 Å². The van der Waals surface area contributed by atoms with Crippen molar-refractivity contribution in [1.82, 2.24) is 0 Å². The second-order valence-corrected chi connectivity index (χ2v) is 13.0. The SMILES string of the molecule is CC(=O)CC1OC[C@@H]2O[C@@H]3C[C@@H]4O[C@@H]5[C@@H](C)[C@H](C)C6(CCCO6)O[C@H]5[C@@H](O)[C@H](C)[C@H]4O[C@H]3C[C@@H](C)C[C@H]2O1. The number of rotatable bonds is 2. The average molecular weight is 539 g/mol. The molecule has 0 amide bonds. The van der Waals surface area contributed by atoms with Crippen LogP contribution in [0.25, 0.3) is 0 Å². The molecule has 6 fully saturated rings. The minimum Gasteiger partial charge on any atom is -0.390 e. The largest absolute Gasteiger partial charge is 0.390 e. The Labute approximate surface area is 226 Å². The highest BCUT2D eigenvalue weighted by Gasteiger charge is 2.60. The van der Waals surface area contributed by atoms with Crippen molar-refractivity contribution in [3.05, 3.63) is 0 Å². The molecule has 0 saturated carbocycles. The number of aliphatic hydroxyl groups excluding tert-OH is 1. The number of hydrogen-bond donors (Lipinski definition) is 1. The summed E-state index contributed by atoms with van der Waals surface area (Å²) in [7, 11) is 0. The first-order valence-corrected chi connectivity index (χ1v) is 14.9. The number of ether oxygens (including phenoxy) is 7. The van der Waals surface area contributed by atoms with Gasteiger partial charge in [0, 0.05) is 24.7 Å². The van der Waals surface area contributed by atoms with Crippen molar-refractivity contribution < 1.29 is 43.1 Å². The van der Waals surface area contributed by atoms with E-state index < -0.39 is 24.3 Å². The van der Waals surface area contributed by atoms with E-state index in [4.69, 9.17) is 33.2 Å². The molecular weight excluding hydrogens is 492 g/mol. The second-order valence-electron chi connectivity index (χ2n) is 13.0. The van der Waals surface area contributed by atoms with Gasteiger partial charge in [-0.05, 0) is 38.0 Å². The van der Waals surface area contributed by atoms with Crippen LogP contribution in [0.3, 0.4) is 0 Å². The van der Waals surface area contributed by atoms with Crippen molar-refractivity contribution >= 4 is 5.78 Å². The van der Waals surface area contributed by atoms with Crippen LogP contribution in [0.2, 0.25) is 0 Å². The normalized spacial score (nSPS) is 55.0. The molecule has 0 aromatic carbocycles. The Balaban J connectivity index is 1.21. The zero-order chi connectivity index (χ0) is 26.8. The van der Waals surface area contributed by atoms with Gasteiger partial charge in [-0.2, -0.15) is 0 Å². The summed E-state index contributed by atoms with van der Waals surface area (Å²) < 4.78 is 45.1. The van der Waals surface area contributed by atoms with E-state index in [2.05, 4.69) is 27.7 Å². The standard InChI is InChI=1S/C29H46O9/c1-14-9-19-21(34-23-13-32-24(11-15(2)30)35-20(23)10-14)12-22-26(36-19)17(4)25(31)28-27(37-22)16(3)18(5)29(38-28)7-6-8-33-29/h14,16-28,31H,6-13H2,1-5H3/t14-,16+,17+,18+,19+,20-,21-,22+,23+,24?,25+,26-,27-,28+,29?/m1/s1. The topological polar surface area (TPSA) is 102 Å². The van der Waals surface area contributed by atoms with Gasteiger partial charge in [-0.25, -0.2) is 0 Å². The summed E-state index contributed by atoms with van der Waals surface area (Å²) in [4.78, 5) is 11.6. The first-order chi connectivity index (χ1) is 18.1. The van der Waals surface area contributed by atoms with Crippen molar-refractivity contribution in [2.45, 2.75) is 140 Å². The molecular formula is C29H46O9. The van der Waals surface area contributed by atoms with Crippen molar-refractivity contribution in [2.75, 3.05) is 13.2 Å². The molecule has 0 bridgehead atoms. The molecule has 6 heterocycles. The van der Waals surface area contributed by atoms with Gasteiger partial charge in [0.15, 0.2) is 12.1 Å². The van der Waals surface area contributed by atoms with Crippen molar-refractivity contribution in [3.63, 3.8) is 0 Å². The number of Topliss-reactive ketones (excluding diaryl/α,β-unsaturated/α-hetero) is 1. The van der Waals surface area contributed by atoms with Gasteiger partial charge >= 0.3 is 0 Å². The number of carbonyl (C=O) groups excluding carboxylic acids is 1. The number of hydrogen-bond acceptors (Lipinski definition) is 9. The van der Waals surface area contributed by atoms with Crippen LogP contribution in [0, 0.1) is 23.7 Å². The van der Waals surface area contributed by atoms with Gasteiger partial charge < -0.3 is 38.3 Å². The van der Waals surface area contributed by atoms with Gasteiger partial charge in [-0.3, -0.25) is 4.79 Å². The van der Waals surface area contributed by atoms with Crippen LogP contribution in [0.4, 0.5) is 0 Å². The van der Waals surface area contributed by atoms with Gasteiger partial charge in [0.25, 0.3) is 0 Å². The molecule has 6 aliphatic rings. The molecule has 216 valence electrons. The predicted octanol–water partition coefficient (Wildman–Crippen LogP) is 2.99. The maximum Gasteiger partial charge on any atom is 0.171 e. The fourth-order valence-corrected chi connectivity index (χ4v) is 7.90. The van der Waals surface area contributed by atoms with Crippen LogP contribution >= 0.6 is 0 Å². The minimum atomic E-state index is -0.711. The third-order valence-corrected chi connectivity index (χ3v) is 10.2. The number of ketones is 1. The molecule has 0 radical (unpaired) electrons. The maximum atomic E-state index is 11.6. The Bertz CT molecular complexity index is 861. The Morgan fingerprint density at radius 1 is 0.842 bits per heavy atom. The smallest absolute Gasteiger partial charge is 0.171 e. The molecule has 38 heavy (non-hydrogen) atoms. The number of aliphatic hydroxyl groups is 1. The van der Waals surface area contributed by atoms with Crippen LogP contribution in [-0.4, -0.2) is 91.1 Å². The predicted molar refractivity (Wildman–Crippen MR) is 135 cm³/mol. The van der Waals surface area contributed by atoms with Crippen LogP contribution in [0.15, 0.2) is 0 Å². The molecule has 6 aliphatic heterocycles. The summed E-state index contributed by atoms with van der Waals surface area (Å²) in [5.41, 5.74) is 0. The summed E-state index contributed by atoms with van der Waals surface area (Å²) >= 11 is 0. The fourth-order valence-electron chi connectivity index (χ4n) is 7.90. The number of carbonyl (C=O) groups is 1. The summed E-state index contributed by atoms with van der Waals surface area (Å²) in [5.74, 6) is -0.0743. The highest BCUT2D eigenvalue weighted by molar-refractivity contribution is 5.75. The zero-order valence-corrected chi connectivity index (χ0v) is 23.5. The lowest BCUT2D eigenvalue weighted by molar-refractivity contribution is -0.339. The van der Waals surface area contributed by atoms with Gasteiger partial charge in [-0.1, -0.05) is 27.7 Å². The summed E-state index contributed by atoms with van der Waals surface area (Å²) in [6.45, 7) is 11.3. The Morgan fingerprint density at radius 3 is 2.26 bits per heavy atom. The zero-order valence-electron chi connectivity index (χ0n) is 23.5. The minimum absolute atomic E-state index is 0.0563. The summed E-state index contributed by atoms with van der Waals surface area (Å²) in [6.07, 6.45) is 1.48. The molecule has 0 aliphatic carbocycles. The van der Waals surface area contributed by atoms with Gasteiger partial charge in [0.05, 0.1) is 62.4 Å². The van der Waals surface area contributed by atoms with Crippen LogP contribution in [-0.2, 0) is 38.0 Å². The molecule has 1 N–H and O–H groups in total. The maximum absolute atomic E-state index is 11.6. The monoisotopic (exact) mass is 538 g/mol. The van der Waals surface area contributed by atoms with Gasteiger partial charge in [0.2, 0.25) is 0 Å². The Hall–Kier alpha value is -0.650. The van der Waals surface area contributed by atoms with E-state index in [1.165, 1.54) is 0 Å². The fraction of sp³-hybridized carbons (Fsp3) is 0.966. The lowest BCUT2D eigenvalue weighted by Gasteiger charge is -2.51. The first-order valence-electron chi connectivity index (χ1n) is 14.9. The highest BCUT2D eigenvalue weighted by atomic mass is 16.7. The van der Waals surface area contributed by atoms with Crippen molar-refractivity contribution in [1.29, 1.82) is 0 Å². The Morgan fingerprint density at radius 2 is 1.55 bits per heavy atom. The van der Waals surface area contributed by atoms with Crippen LogP contribution in [0.5, 0.6) is 0 Å². The molecule has 0 aromatic rings. The average Bonchev–Trinajstić information content (AvgIpc) is 3.31. The molecule has 1 spiro atoms. The van der Waals surface area contributed by atoms with E-state index in [0.29, 0.717) is 25.6 Å². The third kappa shape index (κ3) is 4.89. The summed E-state index contributed by atoms with van der Waals surface area (Å²) in [6, 6.07) is 0. The van der Waals surface area contributed by atoms with Crippen molar-refractivity contribution in [2.24, 2.45) is 23.7 Å². The van der Waals surface area contributed by atoms with E-state index in [1.807, 2.05) is 0 Å². The van der Waals surface area contributed by atoms with E-state index >= 15 is 0 Å². The quantitative estimate of drug-likeness (QED) is 0.568. The van der Waals surface area contributed by atoms with E-state index in [1.54, 1.807) is 6.92 Å². The molecule has 0 aromatic heterocycles. The highest BCUT2D eigenvalue weighted by Crippen LogP contribution is 2.50. The Kier molecular flexibility index (Phi) is 7.70. The van der Waals surface area contributed by atoms with E-state index in [9.17, 15) is 9.90 Å². The molecule has 6 rings (SSSR count). The molecule has 6 saturated heterocycles. The van der Waals surface area contributed by atoms with E-state index in [-0.39, 0.29) is 72.7 Å². The van der Waals surface area contributed by atoms with Crippen molar-refractivity contribution in [3.8, 4) is 0 Å². The molecule has 2 unspecified atom stereocenters. The molecule has 9 nitrogen and oxygen atoms in total. The third-order valence-electron chi connectivity index (χ3n) is 10.2. The summed E-state index contributed by atoms with van der Waals surface area (Å²) in [5, 5.41) is 11.6. The van der Waals surface area contributed by atoms with Crippen LogP contribution in [0.1, 0.15) is 73.1 Å². The molecule has 15 atom stereocenters. The lowest BCUT2D eigenvalue weighted by atomic mass is 9.76. The van der Waals surface area contributed by atoms with Gasteiger partial charge in [0.1, 0.15) is 18.0 Å². The molecule has 9 heteroatoms.